The fraction of sp³-hybridized carbons (Fsp3) is 0.650. The number of aliphatic hydroxyl groups excluding tert-OH is 1. The topological polar surface area (TPSA) is 53.0 Å². The van der Waals surface area contributed by atoms with Crippen LogP contribution in [0.15, 0.2) is 24.3 Å². The molecule has 1 heterocycles. The maximum Gasteiger partial charge on any atom is 0.224 e. The van der Waals surface area contributed by atoms with Gasteiger partial charge in [-0.05, 0) is 36.8 Å². The molecule has 0 saturated carbocycles. The third-order valence-corrected chi connectivity index (χ3v) is 5.36. The highest BCUT2D eigenvalue weighted by molar-refractivity contribution is 5.76. The number of aliphatic hydroxyl groups is 1. The smallest absolute Gasteiger partial charge is 0.224 e. The van der Waals surface area contributed by atoms with Gasteiger partial charge in [0.05, 0.1) is 13.2 Å². The molecule has 1 unspecified atom stereocenters. The molecule has 0 aromatic heterocycles. The van der Waals surface area contributed by atoms with Crippen LogP contribution in [0, 0.1) is 0 Å². The number of hydrogen-bond acceptors (Lipinski definition) is 4. The summed E-state index contributed by atoms with van der Waals surface area (Å²) in [6.45, 7) is 4.51. The molecule has 0 bridgehead atoms. The van der Waals surface area contributed by atoms with Gasteiger partial charge in [-0.3, -0.25) is 9.69 Å². The zero-order valence-corrected chi connectivity index (χ0v) is 15.0. The molecule has 1 aromatic rings. The second-order valence-electron chi connectivity index (χ2n) is 6.96. The number of ether oxygens (including phenoxy) is 1. The van der Waals surface area contributed by atoms with E-state index >= 15 is 0 Å². The van der Waals surface area contributed by atoms with Crippen molar-refractivity contribution in [3.8, 4) is 0 Å². The number of fused-ring (bicyclic) bond motifs is 1. The number of carbonyl (C=O) groups is 1. The SMILES string of the molecule is O=C(CCN(CCCO)C1CCCc2ccccc21)N1CCOCC1. The summed E-state index contributed by atoms with van der Waals surface area (Å²) in [5.74, 6) is 0.224. The summed E-state index contributed by atoms with van der Waals surface area (Å²) in [5.41, 5.74) is 2.85. The molecule has 5 nitrogen and oxygen atoms in total. The standard InChI is InChI=1S/C20H30N2O3/c23-14-4-10-21(11-9-20(24)22-12-15-25-16-13-22)19-8-3-6-17-5-1-2-7-18(17)19/h1-2,5,7,19,23H,3-4,6,8-16H2. The Kier molecular flexibility index (Phi) is 6.84. The number of hydrogen-bond donors (Lipinski definition) is 1. The number of carbonyl (C=O) groups excluding carboxylic acids is 1. The van der Waals surface area contributed by atoms with Crippen molar-refractivity contribution in [1.82, 2.24) is 9.80 Å². The van der Waals surface area contributed by atoms with Crippen LogP contribution in [-0.4, -0.2) is 66.8 Å². The first kappa shape index (κ1) is 18.4. The highest BCUT2D eigenvalue weighted by Gasteiger charge is 2.26. The fourth-order valence-corrected chi connectivity index (χ4v) is 4.01. The van der Waals surface area contributed by atoms with Crippen molar-refractivity contribution in [1.29, 1.82) is 0 Å². The Morgan fingerprint density at radius 3 is 2.84 bits per heavy atom. The quantitative estimate of drug-likeness (QED) is 0.820. The molecule has 1 saturated heterocycles. The van der Waals surface area contributed by atoms with E-state index in [0.717, 1.165) is 32.4 Å². The zero-order chi connectivity index (χ0) is 17.5. The number of amides is 1. The molecule has 1 fully saturated rings. The van der Waals surface area contributed by atoms with Crippen molar-refractivity contribution in [2.45, 2.75) is 38.1 Å². The molecule has 1 aromatic carbocycles. The summed E-state index contributed by atoms with van der Waals surface area (Å²) >= 11 is 0. The first-order chi connectivity index (χ1) is 12.3. The van der Waals surface area contributed by atoms with Gasteiger partial charge >= 0.3 is 0 Å². The van der Waals surface area contributed by atoms with Crippen LogP contribution >= 0.6 is 0 Å². The molecule has 1 aliphatic heterocycles. The normalized spacial score (nSPS) is 20.6. The highest BCUT2D eigenvalue weighted by atomic mass is 16.5. The van der Waals surface area contributed by atoms with Crippen molar-refractivity contribution >= 4 is 5.91 Å². The van der Waals surface area contributed by atoms with E-state index in [2.05, 4.69) is 29.2 Å². The lowest BCUT2D eigenvalue weighted by molar-refractivity contribution is -0.135. The molecule has 138 valence electrons. The van der Waals surface area contributed by atoms with Gasteiger partial charge in [0.2, 0.25) is 5.91 Å². The zero-order valence-electron chi connectivity index (χ0n) is 15.0. The molecular weight excluding hydrogens is 316 g/mol. The molecule has 2 aliphatic rings. The van der Waals surface area contributed by atoms with Gasteiger partial charge in [0, 0.05) is 45.2 Å². The highest BCUT2D eigenvalue weighted by Crippen LogP contribution is 2.34. The number of morpholine rings is 1. The minimum atomic E-state index is 0.197. The van der Waals surface area contributed by atoms with Crippen molar-refractivity contribution in [3.63, 3.8) is 0 Å². The summed E-state index contributed by atoms with van der Waals surface area (Å²) in [6, 6.07) is 9.05. The maximum atomic E-state index is 12.5. The van der Waals surface area contributed by atoms with Crippen molar-refractivity contribution in [3.05, 3.63) is 35.4 Å². The van der Waals surface area contributed by atoms with E-state index in [1.165, 1.54) is 17.5 Å². The predicted octanol–water partition coefficient (Wildman–Crippen LogP) is 2.00. The van der Waals surface area contributed by atoms with E-state index in [0.29, 0.717) is 38.8 Å². The Bertz CT molecular complexity index is 558. The molecule has 1 atom stereocenters. The second-order valence-corrected chi connectivity index (χ2v) is 6.96. The minimum Gasteiger partial charge on any atom is -0.396 e. The van der Waals surface area contributed by atoms with E-state index in [1.807, 2.05) is 4.90 Å². The molecule has 1 N–H and O–H groups in total. The lowest BCUT2D eigenvalue weighted by Crippen LogP contribution is -2.42. The lowest BCUT2D eigenvalue weighted by Gasteiger charge is -2.36. The van der Waals surface area contributed by atoms with E-state index in [9.17, 15) is 9.90 Å². The molecule has 1 aliphatic carbocycles. The summed E-state index contributed by atoms with van der Waals surface area (Å²) in [5, 5.41) is 9.27. The third-order valence-electron chi connectivity index (χ3n) is 5.36. The van der Waals surface area contributed by atoms with Crippen LogP contribution in [0.1, 0.15) is 42.9 Å². The van der Waals surface area contributed by atoms with Gasteiger partial charge in [0.15, 0.2) is 0 Å². The van der Waals surface area contributed by atoms with Crippen molar-refractivity contribution < 1.29 is 14.6 Å². The maximum absolute atomic E-state index is 12.5. The van der Waals surface area contributed by atoms with Crippen LogP contribution in [0.25, 0.3) is 0 Å². The number of benzene rings is 1. The van der Waals surface area contributed by atoms with Gasteiger partial charge in [0.1, 0.15) is 0 Å². The summed E-state index contributed by atoms with van der Waals surface area (Å²) in [7, 11) is 0. The fourth-order valence-electron chi connectivity index (χ4n) is 4.01. The first-order valence-corrected chi connectivity index (χ1v) is 9.58. The van der Waals surface area contributed by atoms with E-state index < -0.39 is 0 Å². The Hall–Kier alpha value is -1.43. The Morgan fingerprint density at radius 1 is 1.24 bits per heavy atom. The Balaban J connectivity index is 1.64. The largest absolute Gasteiger partial charge is 0.396 e. The molecular formula is C20H30N2O3. The van der Waals surface area contributed by atoms with Gasteiger partial charge in [-0.2, -0.15) is 0 Å². The summed E-state index contributed by atoms with van der Waals surface area (Å²) in [6.07, 6.45) is 4.77. The van der Waals surface area contributed by atoms with Gasteiger partial charge in [-0.1, -0.05) is 24.3 Å². The second kappa shape index (κ2) is 9.32. The molecule has 3 rings (SSSR count). The number of aryl methyl sites for hydroxylation is 1. The van der Waals surface area contributed by atoms with E-state index in [1.54, 1.807) is 0 Å². The van der Waals surface area contributed by atoms with Crippen LogP contribution in [0.5, 0.6) is 0 Å². The van der Waals surface area contributed by atoms with E-state index in [-0.39, 0.29) is 12.5 Å². The van der Waals surface area contributed by atoms with Crippen molar-refractivity contribution in [2.24, 2.45) is 0 Å². The Morgan fingerprint density at radius 2 is 2.04 bits per heavy atom. The van der Waals surface area contributed by atoms with Crippen LogP contribution < -0.4 is 0 Å². The first-order valence-electron chi connectivity index (χ1n) is 9.58. The van der Waals surface area contributed by atoms with Crippen LogP contribution in [0.3, 0.4) is 0 Å². The molecule has 0 radical (unpaired) electrons. The van der Waals surface area contributed by atoms with Crippen LogP contribution in [-0.2, 0) is 16.0 Å². The number of nitrogens with zero attached hydrogens (tertiary/aromatic N) is 2. The molecule has 1 amide bonds. The van der Waals surface area contributed by atoms with Crippen LogP contribution in [0.2, 0.25) is 0 Å². The average Bonchev–Trinajstić information content (AvgIpc) is 2.68. The summed E-state index contributed by atoms with van der Waals surface area (Å²) < 4.78 is 5.33. The minimum absolute atomic E-state index is 0.197. The molecule has 5 heteroatoms. The Labute approximate surface area is 150 Å². The predicted molar refractivity (Wildman–Crippen MR) is 97.4 cm³/mol. The van der Waals surface area contributed by atoms with E-state index in [4.69, 9.17) is 4.74 Å². The average molecular weight is 346 g/mol. The molecule has 0 spiro atoms. The monoisotopic (exact) mass is 346 g/mol. The van der Waals surface area contributed by atoms with Crippen molar-refractivity contribution in [2.75, 3.05) is 46.0 Å². The van der Waals surface area contributed by atoms with Gasteiger partial charge in [-0.25, -0.2) is 0 Å². The molecule has 25 heavy (non-hydrogen) atoms. The van der Waals surface area contributed by atoms with Gasteiger partial charge in [-0.15, -0.1) is 0 Å². The van der Waals surface area contributed by atoms with Gasteiger partial charge < -0.3 is 14.7 Å². The van der Waals surface area contributed by atoms with Crippen LogP contribution in [0.4, 0.5) is 0 Å². The third kappa shape index (κ3) is 4.81. The lowest BCUT2D eigenvalue weighted by atomic mass is 9.86. The number of rotatable bonds is 7. The summed E-state index contributed by atoms with van der Waals surface area (Å²) in [4.78, 5) is 16.8. The van der Waals surface area contributed by atoms with Gasteiger partial charge in [0.25, 0.3) is 0 Å².